The Bertz CT molecular complexity index is 2270. The minimum atomic E-state index is -4.86. The van der Waals surface area contributed by atoms with Crippen LogP contribution in [0.3, 0.4) is 0 Å². The number of pyridine rings is 1. The number of hydrogen-bond donors (Lipinski definition) is 2. The topological polar surface area (TPSA) is 194 Å². The van der Waals surface area contributed by atoms with Crippen LogP contribution in [0.2, 0.25) is 5.02 Å². The Morgan fingerprint density at radius 2 is 1.74 bits per heavy atom. The number of nitrogens with zero attached hydrogens (tertiary/aromatic N) is 9. The smallest absolute Gasteiger partial charge is 0.435 e. The maximum atomic E-state index is 14.1. The summed E-state index contributed by atoms with van der Waals surface area (Å²) in [5, 5.41) is 30.2. The number of alkyl halides is 3. The summed E-state index contributed by atoms with van der Waals surface area (Å²) in [4.78, 5) is 63.3. The summed E-state index contributed by atoms with van der Waals surface area (Å²) < 4.78 is 44.9. The molecule has 0 unspecified atom stereocenters. The Morgan fingerprint density at radius 3 is 2.33 bits per heavy atom. The number of carboxylic acid groups (broad SMARTS) is 1. The van der Waals surface area contributed by atoms with Gasteiger partial charge in [0.2, 0.25) is 5.91 Å². The molecule has 16 nitrogen and oxygen atoms in total. The Morgan fingerprint density at radius 1 is 1.03 bits per heavy atom. The van der Waals surface area contributed by atoms with Crippen molar-refractivity contribution < 1.29 is 41.9 Å². The van der Waals surface area contributed by atoms with Gasteiger partial charge in [-0.25, -0.2) is 14.6 Å². The largest absolute Gasteiger partial charge is 0.544 e. The first-order valence-electron chi connectivity index (χ1n) is 18.6. The fraction of sp³-hybridized carbons (Fsp3) is 0.421. The summed E-state index contributed by atoms with van der Waals surface area (Å²) in [5.41, 5.74) is -1.02. The molecule has 3 aliphatic rings. The number of nitriles is 1. The van der Waals surface area contributed by atoms with Gasteiger partial charge in [-0.2, -0.15) is 23.5 Å². The molecule has 20 heteroatoms. The molecule has 3 amide bonds. The van der Waals surface area contributed by atoms with E-state index in [4.69, 9.17) is 16.9 Å². The van der Waals surface area contributed by atoms with Crippen molar-refractivity contribution in [1.82, 2.24) is 39.4 Å². The normalized spacial score (nSPS) is 20.0. The Hall–Kier alpha value is -5.84. The third-order valence-corrected chi connectivity index (χ3v) is 11.4. The highest BCUT2D eigenvalue weighted by molar-refractivity contribution is 6.34. The zero-order valence-corrected chi connectivity index (χ0v) is 32.1. The van der Waals surface area contributed by atoms with Crippen LogP contribution in [-0.2, 0) is 22.8 Å². The van der Waals surface area contributed by atoms with Gasteiger partial charge in [-0.15, -0.1) is 0 Å². The number of carboxylic acids is 1. The highest BCUT2D eigenvalue weighted by Gasteiger charge is 2.42. The van der Waals surface area contributed by atoms with E-state index in [0.29, 0.717) is 49.4 Å². The number of amides is 3. The van der Waals surface area contributed by atoms with Gasteiger partial charge in [-0.3, -0.25) is 14.4 Å². The van der Waals surface area contributed by atoms with Crippen molar-refractivity contribution in [2.45, 2.75) is 19.0 Å². The molecule has 304 valence electrons. The molecule has 0 aliphatic carbocycles. The fourth-order valence-electron chi connectivity index (χ4n) is 7.93. The number of carbonyl (C=O) groups is 4. The number of rotatable bonds is 10. The molecule has 6 heterocycles. The van der Waals surface area contributed by atoms with Gasteiger partial charge in [0.25, 0.3) is 11.8 Å². The molecule has 0 radical (unpaired) electrons. The van der Waals surface area contributed by atoms with Crippen molar-refractivity contribution in [3.05, 3.63) is 76.6 Å². The van der Waals surface area contributed by atoms with E-state index in [1.165, 1.54) is 48.1 Å². The quantitative estimate of drug-likeness (QED) is 0.224. The molecule has 3 fully saturated rings. The van der Waals surface area contributed by atoms with Crippen LogP contribution in [0.4, 0.5) is 18.9 Å². The number of imidazole rings is 1. The second kappa shape index (κ2) is 16.2. The van der Waals surface area contributed by atoms with Crippen molar-refractivity contribution in [3.63, 3.8) is 0 Å². The van der Waals surface area contributed by atoms with Crippen LogP contribution >= 0.6 is 11.6 Å². The number of carbonyl (C=O) groups excluding carboxylic acids is 4. The Kier molecular flexibility index (Phi) is 11.3. The summed E-state index contributed by atoms with van der Waals surface area (Å²) in [6, 6.07) is 8.95. The first kappa shape index (κ1) is 40.4. The fourth-order valence-corrected chi connectivity index (χ4v) is 8.19. The molecule has 4 aromatic rings. The van der Waals surface area contributed by atoms with Gasteiger partial charge in [0.05, 0.1) is 59.2 Å². The van der Waals surface area contributed by atoms with Crippen molar-refractivity contribution in [1.29, 1.82) is 5.26 Å². The summed E-state index contributed by atoms with van der Waals surface area (Å²) in [6.07, 6.45) is -0.238. The highest BCUT2D eigenvalue weighted by Crippen LogP contribution is 2.37. The molecule has 1 aromatic carbocycles. The summed E-state index contributed by atoms with van der Waals surface area (Å²) in [5.74, 6) is -2.13. The van der Waals surface area contributed by atoms with Gasteiger partial charge in [0, 0.05) is 89.1 Å². The number of likely N-dealkylation sites (tertiary alicyclic amines) is 1. The molecule has 7 rings (SSSR count). The van der Waals surface area contributed by atoms with E-state index in [0.717, 1.165) is 36.7 Å². The minimum Gasteiger partial charge on any atom is -0.544 e. The van der Waals surface area contributed by atoms with Gasteiger partial charge in [0.15, 0.2) is 17.3 Å². The van der Waals surface area contributed by atoms with Crippen LogP contribution < -0.4 is 15.7 Å². The molecule has 0 atom stereocenters. The third-order valence-electron chi connectivity index (χ3n) is 11.1. The number of aliphatic carboxylic acids is 1. The minimum absolute atomic E-state index is 0.0119. The first-order chi connectivity index (χ1) is 27.6. The first-order valence-corrected chi connectivity index (χ1v) is 19.0. The highest BCUT2D eigenvalue weighted by atomic mass is 35.5. The maximum Gasteiger partial charge on any atom is 0.435 e. The van der Waals surface area contributed by atoms with Gasteiger partial charge in [-0.1, -0.05) is 11.6 Å². The van der Waals surface area contributed by atoms with Gasteiger partial charge in [-0.05, 0) is 30.3 Å². The molecular weight excluding hydrogens is 783 g/mol. The molecule has 0 bridgehead atoms. The number of halogens is 4. The van der Waals surface area contributed by atoms with Gasteiger partial charge in [0.1, 0.15) is 12.6 Å². The van der Waals surface area contributed by atoms with Gasteiger partial charge < -0.3 is 39.4 Å². The number of piperazine rings is 1. The monoisotopic (exact) mass is 821 g/mol. The molecule has 3 saturated heterocycles. The van der Waals surface area contributed by atoms with Crippen LogP contribution in [0, 0.1) is 23.2 Å². The van der Waals surface area contributed by atoms with Crippen LogP contribution in [0.5, 0.6) is 0 Å². The predicted octanol–water partition coefficient (Wildman–Crippen LogP) is 1.94. The summed E-state index contributed by atoms with van der Waals surface area (Å²) in [7, 11) is 1.38. The lowest BCUT2D eigenvalue weighted by Crippen LogP contribution is -2.63. The lowest BCUT2D eigenvalue weighted by Gasteiger charge is -2.47. The molecule has 0 saturated carbocycles. The van der Waals surface area contributed by atoms with Crippen LogP contribution in [0.1, 0.15) is 45.1 Å². The van der Waals surface area contributed by atoms with Gasteiger partial charge >= 0.3 is 6.18 Å². The number of nitrogens with one attached hydrogen (secondary N) is 2. The van der Waals surface area contributed by atoms with E-state index in [9.17, 15) is 37.5 Å². The number of benzene rings is 1. The van der Waals surface area contributed by atoms with Crippen LogP contribution in [0.25, 0.3) is 17.1 Å². The number of piperidine rings is 1. The summed E-state index contributed by atoms with van der Waals surface area (Å²) in [6.45, 7) is 4.89. The van der Waals surface area contributed by atoms with Crippen molar-refractivity contribution in [2.75, 3.05) is 70.8 Å². The Labute approximate surface area is 335 Å². The molecule has 58 heavy (non-hydrogen) atoms. The number of anilines is 1. The summed E-state index contributed by atoms with van der Waals surface area (Å²) >= 11 is 6.53. The zero-order valence-electron chi connectivity index (χ0n) is 31.3. The van der Waals surface area contributed by atoms with Crippen molar-refractivity contribution >= 4 is 41.0 Å². The molecule has 3 aliphatic heterocycles. The number of quaternary nitrogens is 1. The van der Waals surface area contributed by atoms with Crippen LogP contribution in [0.15, 0.2) is 48.9 Å². The average molecular weight is 822 g/mol. The average Bonchev–Trinajstić information content (AvgIpc) is 3.80. The standard InChI is InChI=1S/C38H39ClF3N11O5/c1-49-30(28-20-52(48-33(28)38(40,41)42)31-5-2-23(15-43)18-45-31)19-46-34(49)35(56)47-26-3-4-27(29(39)14-26)37(58)51-10-8-50(9-11-51)36(57)25-6-12-53(13-7-25,22-32(54)55)21-24-16-44-17-24/h2-5,14,18-20,24-25,44H,6-13,16-17,21-22H2,1H3,(H-,47,54,55,56,58). The maximum absolute atomic E-state index is 14.1. The van der Waals surface area contributed by atoms with Crippen molar-refractivity contribution in [3.8, 4) is 23.1 Å². The number of hydrogen-bond acceptors (Lipinski definition) is 10. The lowest BCUT2D eigenvalue weighted by molar-refractivity contribution is -0.931. The number of aromatic nitrogens is 5. The third kappa shape index (κ3) is 8.40. The molecule has 0 spiro atoms. The Balaban J connectivity index is 0.957. The van der Waals surface area contributed by atoms with E-state index in [2.05, 4.69) is 25.7 Å². The molecule has 2 N–H and O–H groups in total. The molecular formula is C38H39ClF3N11O5. The lowest BCUT2D eigenvalue weighted by atomic mass is 9.90. The van der Waals surface area contributed by atoms with E-state index in [1.807, 2.05) is 6.07 Å². The molecule has 3 aromatic heterocycles. The van der Waals surface area contributed by atoms with E-state index < -0.39 is 23.7 Å². The predicted molar refractivity (Wildman–Crippen MR) is 199 cm³/mol. The zero-order chi connectivity index (χ0) is 41.4. The second-order valence-corrected chi connectivity index (χ2v) is 15.4. The van der Waals surface area contributed by atoms with E-state index >= 15 is 0 Å². The second-order valence-electron chi connectivity index (χ2n) is 14.9. The van der Waals surface area contributed by atoms with E-state index in [1.54, 1.807) is 9.80 Å². The van der Waals surface area contributed by atoms with Crippen molar-refractivity contribution in [2.24, 2.45) is 18.9 Å². The van der Waals surface area contributed by atoms with E-state index in [-0.39, 0.29) is 82.1 Å². The SMILES string of the molecule is Cn1c(-c2cn(-c3ccc(C#N)cn3)nc2C(F)(F)F)cnc1C(=O)Nc1ccc(C(=O)N2CCN(C(=O)C3CC[N+](CC(=O)[O-])(CC4CNC4)CC3)CC2)c(Cl)c1. The van der Waals surface area contributed by atoms with Crippen LogP contribution in [-0.4, -0.2) is 128 Å².